The van der Waals surface area contributed by atoms with Crippen LogP contribution in [-0.4, -0.2) is 16.5 Å². The molecule has 2 aromatic heterocycles. The number of pyridine rings is 1. The van der Waals surface area contributed by atoms with Gasteiger partial charge in [0.15, 0.2) is 0 Å². The molecule has 0 spiro atoms. The lowest BCUT2D eigenvalue weighted by Crippen LogP contribution is -2.03. The Bertz CT molecular complexity index is 833. The molecule has 0 bridgehead atoms. The van der Waals surface area contributed by atoms with Gasteiger partial charge < -0.3 is 9.73 Å². The topological polar surface area (TPSA) is 51.0 Å². The lowest BCUT2D eigenvalue weighted by molar-refractivity contribution is 0.480. The number of oxazole rings is 1. The van der Waals surface area contributed by atoms with Crippen LogP contribution in [0.3, 0.4) is 0 Å². The van der Waals surface area contributed by atoms with Crippen LogP contribution in [0.15, 0.2) is 47.3 Å². The maximum atomic E-state index is 13.9. The summed E-state index contributed by atoms with van der Waals surface area (Å²) in [5.74, 6) is 0.0373. The van der Waals surface area contributed by atoms with E-state index in [2.05, 4.69) is 15.3 Å². The van der Waals surface area contributed by atoms with Gasteiger partial charge in [-0.1, -0.05) is 0 Å². The number of fused-ring (bicyclic) bond motifs is 1. The minimum Gasteiger partial charge on any atom is -0.448 e. The van der Waals surface area contributed by atoms with Crippen molar-refractivity contribution in [2.75, 3.05) is 11.9 Å². The molecule has 110 valence electrons. The van der Waals surface area contributed by atoms with E-state index in [1.165, 1.54) is 18.4 Å². The zero-order valence-corrected chi connectivity index (χ0v) is 11.4. The van der Waals surface area contributed by atoms with Crippen LogP contribution in [0.4, 0.5) is 14.6 Å². The van der Waals surface area contributed by atoms with Gasteiger partial charge in [-0.05, 0) is 18.2 Å². The van der Waals surface area contributed by atoms with E-state index in [0.717, 1.165) is 17.4 Å². The van der Waals surface area contributed by atoms with Gasteiger partial charge in [-0.2, -0.15) is 0 Å². The lowest BCUT2D eigenvalue weighted by Gasteiger charge is -2.08. The largest absolute Gasteiger partial charge is 0.448 e. The predicted octanol–water partition coefficient (Wildman–Crippen LogP) is 3.57. The van der Waals surface area contributed by atoms with Crippen LogP contribution in [0.2, 0.25) is 0 Å². The van der Waals surface area contributed by atoms with Crippen molar-refractivity contribution in [1.82, 2.24) is 9.97 Å². The monoisotopic (exact) mass is 299 g/mol. The first-order valence-corrected chi connectivity index (χ1v) is 6.81. The third-order valence-electron chi connectivity index (χ3n) is 3.76. The molecule has 3 aromatic rings. The van der Waals surface area contributed by atoms with E-state index >= 15 is 0 Å². The van der Waals surface area contributed by atoms with Gasteiger partial charge in [-0.15, -0.1) is 0 Å². The molecule has 6 heteroatoms. The molecule has 0 aliphatic carbocycles. The molecule has 4 nitrogen and oxygen atoms in total. The second kappa shape index (κ2) is 4.91. The Kier molecular flexibility index (Phi) is 2.89. The highest BCUT2D eigenvalue weighted by Gasteiger charge is 2.28. The number of nitrogens with one attached hydrogen (secondary N) is 1. The Morgan fingerprint density at radius 2 is 2.09 bits per heavy atom. The number of anilines is 1. The standard InChI is InChI=1S/C16H11F2N3O/c17-10-1-2-11(14(18)6-10)9-5-12-13(16-19-3-4-22-16)8-21-15(12)20-7-9/h1-7,13H,8H2,(H,20,21). The van der Waals surface area contributed by atoms with Crippen molar-refractivity contribution in [3.8, 4) is 11.1 Å². The van der Waals surface area contributed by atoms with Crippen molar-refractivity contribution in [3.63, 3.8) is 0 Å². The molecule has 1 aliphatic heterocycles. The normalized spacial score (nSPS) is 16.4. The molecule has 22 heavy (non-hydrogen) atoms. The minimum absolute atomic E-state index is 0.0686. The fraction of sp³-hybridized carbons (Fsp3) is 0.125. The first-order valence-electron chi connectivity index (χ1n) is 6.81. The second-order valence-electron chi connectivity index (χ2n) is 5.09. The Hall–Kier alpha value is -2.76. The van der Waals surface area contributed by atoms with Crippen LogP contribution in [0.1, 0.15) is 17.4 Å². The van der Waals surface area contributed by atoms with E-state index < -0.39 is 11.6 Å². The summed E-state index contributed by atoms with van der Waals surface area (Å²) in [6.07, 6.45) is 4.68. The van der Waals surface area contributed by atoms with Crippen LogP contribution < -0.4 is 5.32 Å². The molecule has 1 unspecified atom stereocenters. The maximum Gasteiger partial charge on any atom is 0.203 e. The van der Waals surface area contributed by atoms with Crippen LogP contribution in [0.25, 0.3) is 11.1 Å². The minimum atomic E-state index is -0.611. The second-order valence-corrected chi connectivity index (χ2v) is 5.09. The zero-order valence-electron chi connectivity index (χ0n) is 11.4. The third-order valence-corrected chi connectivity index (χ3v) is 3.76. The van der Waals surface area contributed by atoms with Crippen molar-refractivity contribution < 1.29 is 13.2 Å². The van der Waals surface area contributed by atoms with Crippen molar-refractivity contribution >= 4 is 5.82 Å². The summed E-state index contributed by atoms with van der Waals surface area (Å²) in [5, 5.41) is 3.18. The summed E-state index contributed by atoms with van der Waals surface area (Å²) in [4.78, 5) is 8.49. The molecule has 1 aliphatic rings. The van der Waals surface area contributed by atoms with Gasteiger partial charge in [0.1, 0.15) is 23.7 Å². The average Bonchev–Trinajstić information content (AvgIpc) is 3.15. The molecule has 4 rings (SSSR count). The molecule has 1 atom stereocenters. The van der Waals surface area contributed by atoms with Crippen molar-refractivity contribution in [1.29, 1.82) is 0 Å². The number of hydrogen-bond acceptors (Lipinski definition) is 4. The molecule has 1 aromatic carbocycles. The van der Waals surface area contributed by atoms with Crippen molar-refractivity contribution in [2.45, 2.75) is 5.92 Å². The van der Waals surface area contributed by atoms with E-state index in [1.54, 1.807) is 12.4 Å². The maximum absolute atomic E-state index is 13.9. The van der Waals surface area contributed by atoms with Gasteiger partial charge in [0.2, 0.25) is 5.89 Å². The first-order chi connectivity index (χ1) is 10.7. The summed E-state index contributed by atoms with van der Waals surface area (Å²) < 4.78 is 32.3. The van der Waals surface area contributed by atoms with Crippen molar-refractivity contribution in [2.24, 2.45) is 0 Å². The summed E-state index contributed by atoms with van der Waals surface area (Å²) >= 11 is 0. The van der Waals surface area contributed by atoms with Gasteiger partial charge in [-0.3, -0.25) is 0 Å². The number of halogens is 2. The average molecular weight is 299 g/mol. The number of benzene rings is 1. The fourth-order valence-corrected chi connectivity index (χ4v) is 2.70. The highest BCUT2D eigenvalue weighted by molar-refractivity contribution is 5.68. The van der Waals surface area contributed by atoms with Crippen LogP contribution in [-0.2, 0) is 0 Å². The molecule has 1 N–H and O–H groups in total. The van der Waals surface area contributed by atoms with Crippen molar-refractivity contribution in [3.05, 3.63) is 66.0 Å². The molecular weight excluding hydrogens is 288 g/mol. The SMILES string of the molecule is Fc1ccc(-c2cnc3c(c2)C(c2ncco2)CN3)c(F)c1. The molecular formula is C16H11F2N3O. The number of aromatic nitrogens is 2. The zero-order chi connectivity index (χ0) is 15.1. The first kappa shape index (κ1) is 12.9. The Morgan fingerprint density at radius 1 is 1.18 bits per heavy atom. The Morgan fingerprint density at radius 3 is 2.86 bits per heavy atom. The Balaban J connectivity index is 1.80. The third kappa shape index (κ3) is 2.04. The lowest BCUT2D eigenvalue weighted by atomic mass is 9.98. The van der Waals surface area contributed by atoms with Crippen LogP contribution in [0, 0.1) is 11.6 Å². The summed E-state index contributed by atoms with van der Waals surface area (Å²) in [6, 6.07) is 5.35. The van der Waals surface area contributed by atoms with E-state index in [-0.39, 0.29) is 5.92 Å². The van der Waals surface area contributed by atoms with Crippen LogP contribution >= 0.6 is 0 Å². The predicted molar refractivity (Wildman–Crippen MR) is 76.4 cm³/mol. The quantitative estimate of drug-likeness (QED) is 0.786. The number of hydrogen-bond donors (Lipinski definition) is 1. The molecule has 0 amide bonds. The fourth-order valence-electron chi connectivity index (χ4n) is 2.70. The molecule has 0 radical (unpaired) electrons. The number of rotatable bonds is 2. The molecule has 0 saturated carbocycles. The van der Waals surface area contributed by atoms with E-state index in [1.807, 2.05) is 6.07 Å². The van der Waals surface area contributed by atoms with Gasteiger partial charge in [-0.25, -0.2) is 18.7 Å². The summed E-state index contributed by atoms with van der Waals surface area (Å²) in [5.41, 5.74) is 1.80. The smallest absolute Gasteiger partial charge is 0.203 e. The van der Waals surface area contributed by atoms with Gasteiger partial charge >= 0.3 is 0 Å². The number of nitrogens with zero attached hydrogens (tertiary/aromatic N) is 2. The van der Waals surface area contributed by atoms with E-state index in [9.17, 15) is 8.78 Å². The summed E-state index contributed by atoms with van der Waals surface area (Å²) in [7, 11) is 0. The molecule has 0 fully saturated rings. The molecule has 0 saturated heterocycles. The van der Waals surface area contributed by atoms with Crippen LogP contribution in [0.5, 0.6) is 0 Å². The van der Waals surface area contributed by atoms with E-state index in [4.69, 9.17) is 4.42 Å². The summed E-state index contributed by atoms with van der Waals surface area (Å²) in [6.45, 7) is 0.623. The van der Waals surface area contributed by atoms with Gasteiger partial charge in [0, 0.05) is 35.5 Å². The van der Waals surface area contributed by atoms with Gasteiger partial charge in [0.25, 0.3) is 0 Å². The van der Waals surface area contributed by atoms with Gasteiger partial charge in [0.05, 0.1) is 12.1 Å². The highest BCUT2D eigenvalue weighted by atomic mass is 19.1. The highest BCUT2D eigenvalue weighted by Crippen LogP contribution is 2.36. The molecule has 3 heterocycles. The Labute approximate surface area is 124 Å². The van der Waals surface area contributed by atoms with E-state index in [0.29, 0.717) is 23.6 Å².